The highest BCUT2D eigenvalue weighted by atomic mass is 15.3. The quantitative estimate of drug-likeness (QED) is 0.601. The Hall–Kier alpha value is -3.14. The Balaban J connectivity index is 1.94. The highest BCUT2D eigenvalue weighted by Crippen LogP contribution is 2.31. The van der Waals surface area contributed by atoms with Crippen LogP contribution >= 0.6 is 0 Å². The summed E-state index contributed by atoms with van der Waals surface area (Å²) in [5, 5.41) is 4.62. The van der Waals surface area contributed by atoms with Crippen molar-refractivity contribution in [3.05, 3.63) is 72.1 Å². The first-order chi connectivity index (χ1) is 11.6. The summed E-state index contributed by atoms with van der Waals surface area (Å²) in [5.74, 6) is 0.606. The number of hydrogen-bond acceptors (Lipinski definition) is 3. The molecular formula is C20H18N4. The van der Waals surface area contributed by atoms with Gasteiger partial charge in [-0.05, 0) is 25.0 Å². The number of benzene rings is 2. The summed E-state index contributed by atoms with van der Waals surface area (Å²) in [7, 11) is 0. The summed E-state index contributed by atoms with van der Waals surface area (Å²) in [6, 6.07) is 18.4. The summed E-state index contributed by atoms with van der Waals surface area (Å²) in [4.78, 5) is 4.66. The van der Waals surface area contributed by atoms with Crippen molar-refractivity contribution >= 4 is 11.5 Å². The fourth-order valence-corrected chi connectivity index (χ4v) is 3.01. The van der Waals surface area contributed by atoms with Gasteiger partial charge >= 0.3 is 0 Å². The van der Waals surface area contributed by atoms with Gasteiger partial charge in [0.2, 0.25) is 0 Å². The van der Waals surface area contributed by atoms with Crippen LogP contribution in [0, 0.1) is 13.8 Å². The number of hydrogen-bond donors (Lipinski definition) is 1. The second-order valence-corrected chi connectivity index (χ2v) is 5.98. The Kier molecular flexibility index (Phi) is 3.31. The van der Waals surface area contributed by atoms with Gasteiger partial charge in [-0.25, -0.2) is 4.98 Å². The minimum absolute atomic E-state index is 0.606. The van der Waals surface area contributed by atoms with Crippen molar-refractivity contribution in [2.24, 2.45) is 0 Å². The van der Waals surface area contributed by atoms with Crippen molar-refractivity contribution in [1.82, 2.24) is 14.6 Å². The molecule has 2 N–H and O–H groups in total. The Labute approximate surface area is 140 Å². The van der Waals surface area contributed by atoms with E-state index >= 15 is 0 Å². The molecule has 0 saturated heterocycles. The number of rotatable bonds is 2. The molecule has 0 amide bonds. The van der Waals surface area contributed by atoms with E-state index in [4.69, 9.17) is 5.73 Å². The van der Waals surface area contributed by atoms with Gasteiger partial charge in [-0.2, -0.15) is 9.61 Å². The molecule has 4 rings (SSSR count). The van der Waals surface area contributed by atoms with Crippen LogP contribution in [-0.4, -0.2) is 14.6 Å². The van der Waals surface area contributed by atoms with Crippen LogP contribution in [0.5, 0.6) is 0 Å². The number of anilines is 1. The predicted octanol–water partition coefficient (Wildman–Crippen LogP) is 4.26. The number of aryl methyl sites for hydroxylation is 2. The van der Waals surface area contributed by atoms with Crippen LogP contribution in [0.15, 0.2) is 60.8 Å². The number of nitrogens with zero attached hydrogens (tertiary/aromatic N) is 3. The Morgan fingerprint density at radius 3 is 2.29 bits per heavy atom. The zero-order valence-corrected chi connectivity index (χ0v) is 13.7. The summed E-state index contributed by atoms with van der Waals surface area (Å²) in [6.07, 6.45) is 1.84. The third-order valence-electron chi connectivity index (χ3n) is 4.28. The van der Waals surface area contributed by atoms with Crippen molar-refractivity contribution in [2.75, 3.05) is 5.73 Å². The first-order valence-corrected chi connectivity index (χ1v) is 7.91. The number of aromatic nitrogens is 3. The summed E-state index contributed by atoms with van der Waals surface area (Å²) in [6.45, 7) is 4.06. The van der Waals surface area contributed by atoms with E-state index in [9.17, 15) is 0 Å². The summed E-state index contributed by atoms with van der Waals surface area (Å²) < 4.78 is 1.74. The number of fused-ring (bicyclic) bond motifs is 1. The largest absolute Gasteiger partial charge is 0.383 e. The molecule has 0 atom stereocenters. The number of nitrogen functional groups attached to an aromatic ring is 1. The van der Waals surface area contributed by atoms with Crippen LogP contribution < -0.4 is 5.73 Å². The molecule has 2 aromatic heterocycles. The van der Waals surface area contributed by atoms with E-state index in [1.165, 1.54) is 5.56 Å². The van der Waals surface area contributed by atoms with Crippen molar-refractivity contribution in [3.63, 3.8) is 0 Å². The molecule has 0 aliphatic rings. The van der Waals surface area contributed by atoms with E-state index in [2.05, 4.69) is 53.4 Å². The third kappa shape index (κ3) is 2.24. The predicted molar refractivity (Wildman–Crippen MR) is 97.7 cm³/mol. The summed E-state index contributed by atoms with van der Waals surface area (Å²) >= 11 is 0. The van der Waals surface area contributed by atoms with Gasteiger partial charge < -0.3 is 5.73 Å². The van der Waals surface area contributed by atoms with Crippen LogP contribution in [0.4, 0.5) is 5.82 Å². The average Bonchev–Trinajstić information content (AvgIpc) is 2.94. The fraction of sp³-hybridized carbons (Fsp3) is 0.100. The summed E-state index contributed by atoms with van der Waals surface area (Å²) in [5.41, 5.74) is 13.4. The van der Waals surface area contributed by atoms with Gasteiger partial charge in [0.15, 0.2) is 5.65 Å². The van der Waals surface area contributed by atoms with E-state index in [-0.39, 0.29) is 0 Å². The second kappa shape index (κ2) is 5.49. The lowest BCUT2D eigenvalue weighted by Gasteiger charge is -2.08. The lowest BCUT2D eigenvalue weighted by atomic mass is 10.1. The minimum atomic E-state index is 0.606. The van der Waals surface area contributed by atoms with E-state index < -0.39 is 0 Å². The first-order valence-electron chi connectivity index (χ1n) is 7.91. The van der Waals surface area contributed by atoms with Crippen LogP contribution in [0.3, 0.4) is 0 Å². The molecule has 118 valence electrons. The van der Waals surface area contributed by atoms with Gasteiger partial charge in [-0.1, -0.05) is 60.2 Å². The van der Waals surface area contributed by atoms with Crippen molar-refractivity contribution in [3.8, 4) is 22.3 Å². The molecule has 0 aliphatic carbocycles. The molecule has 4 heteroatoms. The van der Waals surface area contributed by atoms with E-state index in [0.29, 0.717) is 5.82 Å². The van der Waals surface area contributed by atoms with Crippen LogP contribution in [0.1, 0.15) is 11.3 Å². The molecule has 0 unspecified atom stereocenters. The molecule has 0 saturated carbocycles. The smallest absolute Gasteiger partial charge is 0.165 e. The Morgan fingerprint density at radius 1 is 0.875 bits per heavy atom. The molecule has 0 aliphatic heterocycles. The maximum absolute atomic E-state index is 6.41. The van der Waals surface area contributed by atoms with Gasteiger partial charge in [0.25, 0.3) is 0 Å². The average molecular weight is 314 g/mol. The molecule has 0 radical (unpaired) electrons. The van der Waals surface area contributed by atoms with Crippen LogP contribution in [0.2, 0.25) is 0 Å². The zero-order valence-electron chi connectivity index (χ0n) is 13.7. The fourth-order valence-electron chi connectivity index (χ4n) is 3.01. The van der Waals surface area contributed by atoms with Gasteiger partial charge in [-0.15, -0.1) is 0 Å². The minimum Gasteiger partial charge on any atom is -0.383 e. The van der Waals surface area contributed by atoms with Crippen LogP contribution in [-0.2, 0) is 0 Å². The monoisotopic (exact) mass is 314 g/mol. The normalized spacial score (nSPS) is 11.1. The number of nitrogens with two attached hydrogens (primary N) is 1. The van der Waals surface area contributed by atoms with E-state index in [0.717, 1.165) is 33.6 Å². The molecule has 0 spiro atoms. The van der Waals surface area contributed by atoms with E-state index in [1.807, 2.05) is 31.3 Å². The third-order valence-corrected chi connectivity index (χ3v) is 4.28. The van der Waals surface area contributed by atoms with Gasteiger partial charge in [0.05, 0.1) is 5.69 Å². The molecule has 2 heterocycles. The molecular weight excluding hydrogens is 296 g/mol. The topological polar surface area (TPSA) is 56.2 Å². The Bertz CT molecular complexity index is 1020. The zero-order chi connectivity index (χ0) is 16.7. The molecule has 24 heavy (non-hydrogen) atoms. The lowest BCUT2D eigenvalue weighted by Crippen LogP contribution is -2.03. The molecule has 0 fully saturated rings. The maximum Gasteiger partial charge on any atom is 0.165 e. The van der Waals surface area contributed by atoms with Crippen molar-refractivity contribution < 1.29 is 0 Å². The molecule has 0 bridgehead atoms. The molecule has 4 nitrogen and oxygen atoms in total. The Morgan fingerprint density at radius 2 is 1.58 bits per heavy atom. The van der Waals surface area contributed by atoms with E-state index in [1.54, 1.807) is 4.52 Å². The van der Waals surface area contributed by atoms with Gasteiger partial charge in [0, 0.05) is 17.3 Å². The van der Waals surface area contributed by atoms with Crippen molar-refractivity contribution in [1.29, 1.82) is 0 Å². The van der Waals surface area contributed by atoms with Gasteiger partial charge in [0.1, 0.15) is 5.82 Å². The highest BCUT2D eigenvalue weighted by molar-refractivity contribution is 5.83. The second-order valence-electron chi connectivity index (χ2n) is 5.98. The van der Waals surface area contributed by atoms with Crippen molar-refractivity contribution in [2.45, 2.75) is 13.8 Å². The molecule has 2 aromatic carbocycles. The lowest BCUT2D eigenvalue weighted by molar-refractivity contribution is 0.930. The molecule has 4 aromatic rings. The highest BCUT2D eigenvalue weighted by Gasteiger charge is 2.16. The van der Waals surface area contributed by atoms with Crippen LogP contribution in [0.25, 0.3) is 27.9 Å². The standard InChI is InChI=1S/C20H18N4/c1-13-8-10-15(11-9-13)17-12-22-20-18(16-6-4-3-5-7-16)14(2)23-24(20)19(17)21/h3-12H,21H2,1-2H3. The first kappa shape index (κ1) is 14.5. The SMILES string of the molecule is Cc1ccc(-c2cnc3c(-c4ccccc4)c(C)nn3c2N)cc1. The maximum atomic E-state index is 6.41. The van der Waals surface area contributed by atoms with Gasteiger partial charge in [-0.3, -0.25) is 0 Å².